The van der Waals surface area contributed by atoms with Gasteiger partial charge in [-0.25, -0.2) is 0 Å². The molecule has 1 amide bonds. The van der Waals surface area contributed by atoms with Crippen molar-refractivity contribution in [2.24, 2.45) is 0 Å². The first-order valence-electron chi connectivity index (χ1n) is 6.50. The van der Waals surface area contributed by atoms with Gasteiger partial charge in [0.25, 0.3) is 5.91 Å². The van der Waals surface area contributed by atoms with Gasteiger partial charge in [-0.2, -0.15) is 0 Å². The number of aryl methyl sites for hydroxylation is 1. The van der Waals surface area contributed by atoms with Crippen LogP contribution in [0.1, 0.15) is 22.8 Å². The van der Waals surface area contributed by atoms with Crippen LogP contribution in [0, 0.1) is 6.92 Å². The lowest BCUT2D eigenvalue weighted by Gasteiger charge is -2.11. The van der Waals surface area contributed by atoms with E-state index in [1.165, 1.54) is 0 Å². The smallest absolute Gasteiger partial charge is 0.259 e. The van der Waals surface area contributed by atoms with Crippen LogP contribution in [0.15, 0.2) is 42.5 Å². The average Bonchev–Trinajstić information content (AvgIpc) is 2.43. The van der Waals surface area contributed by atoms with Gasteiger partial charge in [0.15, 0.2) is 0 Å². The van der Waals surface area contributed by atoms with Crippen molar-refractivity contribution in [3.63, 3.8) is 0 Å². The Labute approximate surface area is 118 Å². The Kier molecular flexibility index (Phi) is 4.25. The molecular weight excluding hydrogens is 252 g/mol. The van der Waals surface area contributed by atoms with Crippen LogP contribution in [0.3, 0.4) is 0 Å². The van der Waals surface area contributed by atoms with Gasteiger partial charge in [0.1, 0.15) is 5.75 Å². The maximum Gasteiger partial charge on any atom is 0.259 e. The van der Waals surface area contributed by atoms with E-state index in [4.69, 9.17) is 10.5 Å². The third-order valence-electron chi connectivity index (χ3n) is 2.86. The number of nitrogen functional groups attached to an aromatic ring is 1. The molecule has 0 aliphatic carbocycles. The zero-order valence-corrected chi connectivity index (χ0v) is 11.6. The Hall–Kier alpha value is -2.49. The number of benzene rings is 2. The van der Waals surface area contributed by atoms with E-state index in [-0.39, 0.29) is 5.91 Å². The summed E-state index contributed by atoms with van der Waals surface area (Å²) < 4.78 is 5.45. The molecule has 2 aromatic rings. The van der Waals surface area contributed by atoms with Crippen LogP contribution in [0.4, 0.5) is 11.4 Å². The predicted molar refractivity (Wildman–Crippen MR) is 81.2 cm³/mol. The van der Waals surface area contributed by atoms with Gasteiger partial charge in [-0.05, 0) is 44.2 Å². The summed E-state index contributed by atoms with van der Waals surface area (Å²) in [4.78, 5) is 12.3. The number of rotatable bonds is 4. The Balaban J connectivity index is 2.23. The highest BCUT2D eigenvalue weighted by Crippen LogP contribution is 2.23. The van der Waals surface area contributed by atoms with E-state index in [2.05, 4.69) is 5.32 Å². The first kappa shape index (κ1) is 13.9. The third kappa shape index (κ3) is 3.29. The van der Waals surface area contributed by atoms with Crippen molar-refractivity contribution in [3.05, 3.63) is 53.6 Å². The van der Waals surface area contributed by atoms with Crippen molar-refractivity contribution >= 4 is 17.3 Å². The molecule has 3 N–H and O–H groups in total. The quantitative estimate of drug-likeness (QED) is 0.838. The van der Waals surface area contributed by atoms with Crippen LogP contribution in [0.25, 0.3) is 0 Å². The Morgan fingerprint density at radius 2 is 1.90 bits per heavy atom. The molecule has 20 heavy (non-hydrogen) atoms. The minimum Gasteiger partial charge on any atom is -0.493 e. The number of hydrogen-bond donors (Lipinski definition) is 2. The fourth-order valence-corrected chi connectivity index (χ4v) is 1.84. The molecule has 0 unspecified atom stereocenters. The Morgan fingerprint density at radius 3 is 2.55 bits per heavy atom. The van der Waals surface area contributed by atoms with Crippen LogP contribution < -0.4 is 15.8 Å². The second kappa shape index (κ2) is 6.10. The first-order valence-corrected chi connectivity index (χ1v) is 6.50. The summed E-state index contributed by atoms with van der Waals surface area (Å²) in [5.41, 5.74) is 8.59. The highest BCUT2D eigenvalue weighted by molar-refractivity contribution is 6.06. The van der Waals surface area contributed by atoms with Crippen LogP contribution in [0.2, 0.25) is 0 Å². The van der Waals surface area contributed by atoms with Gasteiger partial charge < -0.3 is 15.8 Å². The minimum atomic E-state index is -0.232. The summed E-state index contributed by atoms with van der Waals surface area (Å²) in [6.07, 6.45) is 0. The molecule has 0 atom stereocenters. The summed E-state index contributed by atoms with van der Waals surface area (Å²) >= 11 is 0. The molecule has 2 aromatic carbocycles. The topological polar surface area (TPSA) is 64.3 Å². The molecule has 0 bridgehead atoms. The lowest BCUT2D eigenvalue weighted by atomic mass is 10.1. The maximum absolute atomic E-state index is 12.3. The van der Waals surface area contributed by atoms with Gasteiger partial charge >= 0.3 is 0 Å². The molecule has 0 fully saturated rings. The molecule has 0 saturated heterocycles. The average molecular weight is 270 g/mol. The second-order valence-electron chi connectivity index (χ2n) is 4.51. The van der Waals surface area contributed by atoms with E-state index in [1.807, 2.05) is 38.1 Å². The summed E-state index contributed by atoms with van der Waals surface area (Å²) in [5.74, 6) is 0.302. The normalized spacial score (nSPS) is 10.1. The van der Waals surface area contributed by atoms with Gasteiger partial charge in [-0.15, -0.1) is 0 Å². The standard InChI is InChI=1S/C16H18N2O2/c1-3-20-15-9-6-12(17)10-14(15)16(19)18-13-7-4-11(2)5-8-13/h4-10H,3,17H2,1-2H3,(H,18,19). The summed E-state index contributed by atoms with van der Waals surface area (Å²) in [6.45, 7) is 4.36. The van der Waals surface area contributed by atoms with Crippen molar-refractivity contribution < 1.29 is 9.53 Å². The van der Waals surface area contributed by atoms with E-state index >= 15 is 0 Å². The first-order chi connectivity index (χ1) is 9.60. The number of nitrogens with one attached hydrogen (secondary N) is 1. The number of nitrogens with two attached hydrogens (primary N) is 1. The van der Waals surface area contributed by atoms with Crippen LogP contribution in [-0.2, 0) is 0 Å². The molecule has 0 aromatic heterocycles. The molecule has 4 nitrogen and oxygen atoms in total. The Morgan fingerprint density at radius 1 is 1.20 bits per heavy atom. The maximum atomic E-state index is 12.3. The predicted octanol–water partition coefficient (Wildman–Crippen LogP) is 3.23. The highest BCUT2D eigenvalue weighted by atomic mass is 16.5. The molecule has 0 aliphatic rings. The molecule has 4 heteroatoms. The number of anilines is 2. The molecule has 104 valence electrons. The number of hydrogen-bond acceptors (Lipinski definition) is 3. The second-order valence-corrected chi connectivity index (χ2v) is 4.51. The molecule has 0 aliphatic heterocycles. The highest BCUT2D eigenvalue weighted by Gasteiger charge is 2.13. The molecular formula is C16H18N2O2. The lowest BCUT2D eigenvalue weighted by Crippen LogP contribution is -2.14. The van der Waals surface area contributed by atoms with Crippen molar-refractivity contribution in [1.82, 2.24) is 0 Å². The minimum absolute atomic E-state index is 0.232. The number of ether oxygens (including phenoxy) is 1. The lowest BCUT2D eigenvalue weighted by molar-refractivity contribution is 0.102. The van der Waals surface area contributed by atoms with Gasteiger partial charge in [-0.1, -0.05) is 17.7 Å². The van der Waals surface area contributed by atoms with Crippen LogP contribution in [0.5, 0.6) is 5.75 Å². The van der Waals surface area contributed by atoms with Crippen LogP contribution in [-0.4, -0.2) is 12.5 Å². The fourth-order valence-electron chi connectivity index (χ4n) is 1.84. The van der Waals surface area contributed by atoms with Crippen molar-refractivity contribution in [2.75, 3.05) is 17.7 Å². The zero-order valence-electron chi connectivity index (χ0n) is 11.6. The van der Waals surface area contributed by atoms with E-state index < -0.39 is 0 Å². The van der Waals surface area contributed by atoms with E-state index in [0.717, 1.165) is 11.3 Å². The third-order valence-corrected chi connectivity index (χ3v) is 2.86. The fraction of sp³-hybridized carbons (Fsp3) is 0.188. The monoisotopic (exact) mass is 270 g/mol. The van der Waals surface area contributed by atoms with E-state index in [9.17, 15) is 4.79 Å². The van der Waals surface area contributed by atoms with Crippen molar-refractivity contribution in [1.29, 1.82) is 0 Å². The molecule has 2 rings (SSSR count). The van der Waals surface area contributed by atoms with Gasteiger partial charge in [0.2, 0.25) is 0 Å². The van der Waals surface area contributed by atoms with E-state index in [0.29, 0.717) is 23.6 Å². The van der Waals surface area contributed by atoms with Gasteiger partial charge in [0, 0.05) is 11.4 Å². The van der Waals surface area contributed by atoms with Crippen LogP contribution >= 0.6 is 0 Å². The molecule has 0 saturated carbocycles. The van der Waals surface area contributed by atoms with Gasteiger partial charge in [-0.3, -0.25) is 4.79 Å². The summed E-state index contributed by atoms with van der Waals surface area (Å²) in [6, 6.07) is 12.7. The molecule has 0 heterocycles. The van der Waals surface area contributed by atoms with E-state index in [1.54, 1.807) is 18.2 Å². The number of carbonyl (C=O) groups excluding carboxylic acids is 1. The Bertz CT molecular complexity index is 606. The number of amides is 1. The largest absolute Gasteiger partial charge is 0.493 e. The van der Waals surface area contributed by atoms with Crippen molar-refractivity contribution in [2.45, 2.75) is 13.8 Å². The van der Waals surface area contributed by atoms with Crippen molar-refractivity contribution in [3.8, 4) is 5.75 Å². The number of carbonyl (C=O) groups is 1. The summed E-state index contributed by atoms with van der Waals surface area (Å²) in [7, 11) is 0. The summed E-state index contributed by atoms with van der Waals surface area (Å²) in [5, 5.41) is 2.84. The van der Waals surface area contributed by atoms with Gasteiger partial charge in [0.05, 0.1) is 12.2 Å². The molecule has 0 radical (unpaired) electrons. The SMILES string of the molecule is CCOc1ccc(N)cc1C(=O)Nc1ccc(C)cc1. The molecule has 0 spiro atoms. The zero-order chi connectivity index (χ0) is 14.5.